The van der Waals surface area contributed by atoms with Crippen molar-refractivity contribution in [2.75, 3.05) is 38.5 Å². The fourth-order valence-corrected chi connectivity index (χ4v) is 5.79. The maximum absolute atomic E-state index is 15.5. The molecule has 252 valence electrons. The Kier molecular flexibility index (Phi) is 12.2. The molecule has 2 atom stereocenters. The van der Waals surface area contributed by atoms with E-state index in [0.717, 1.165) is 29.8 Å². The van der Waals surface area contributed by atoms with Crippen molar-refractivity contribution in [2.24, 2.45) is 0 Å². The molecule has 0 spiro atoms. The maximum Gasteiger partial charge on any atom is 0.270 e. The lowest BCUT2D eigenvalue weighted by Crippen LogP contribution is -2.54. The van der Waals surface area contributed by atoms with E-state index in [9.17, 15) is 19.2 Å². The zero-order valence-corrected chi connectivity index (χ0v) is 27.9. The SMILES string of the molecule is CCC(=O)N[C@H](Cc1ccc(NC(=O)[C@H](CCc2cc(C)cc(C)c2)NC(=O)c2ccnn2CC)c(F)c1)C(=O)N1CCN(C)CC1. The van der Waals surface area contributed by atoms with E-state index < -0.39 is 29.7 Å². The van der Waals surface area contributed by atoms with E-state index in [-0.39, 0.29) is 36.8 Å². The number of hydrogen-bond donors (Lipinski definition) is 3. The lowest BCUT2D eigenvalue weighted by atomic mass is 10.00. The number of nitrogens with one attached hydrogen (secondary N) is 3. The second kappa shape index (κ2) is 16.3. The van der Waals surface area contributed by atoms with Gasteiger partial charge in [-0.15, -0.1) is 0 Å². The van der Waals surface area contributed by atoms with Crippen molar-refractivity contribution in [1.29, 1.82) is 0 Å². The van der Waals surface area contributed by atoms with Gasteiger partial charge in [0.05, 0.1) is 5.69 Å². The van der Waals surface area contributed by atoms with Crippen molar-refractivity contribution in [3.63, 3.8) is 0 Å². The van der Waals surface area contributed by atoms with Crippen LogP contribution < -0.4 is 16.0 Å². The zero-order valence-electron chi connectivity index (χ0n) is 27.9. The Labute approximate surface area is 275 Å². The number of rotatable bonds is 13. The van der Waals surface area contributed by atoms with Gasteiger partial charge in [-0.1, -0.05) is 42.3 Å². The molecule has 12 heteroatoms. The molecule has 2 aromatic carbocycles. The highest BCUT2D eigenvalue weighted by molar-refractivity contribution is 6.00. The minimum Gasteiger partial charge on any atom is -0.344 e. The highest BCUT2D eigenvalue weighted by Gasteiger charge is 2.29. The quantitative estimate of drug-likeness (QED) is 0.262. The summed E-state index contributed by atoms with van der Waals surface area (Å²) >= 11 is 0. The largest absolute Gasteiger partial charge is 0.344 e. The highest BCUT2D eigenvalue weighted by atomic mass is 19.1. The van der Waals surface area contributed by atoms with Crippen molar-refractivity contribution < 1.29 is 23.6 Å². The van der Waals surface area contributed by atoms with Crippen LogP contribution in [-0.4, -0.2) is 88.5 Å². The van der Waals surface area contributed by atoms with Crippen molar-refractivity contribution in [1.82, 2.24) is 30.2 Å². The molecule has 0 bridgehead atoms. The third kappa shape index (κ3) is 9.71. The summed E-state index contributed by atoms with van der Waals surface area (Å²) in [5, 5.41) is 12.4. The average molecular weight is 648 g/mol. The van der Waals surface area contributed by atoms with Gasteiger partial charge in [0.1, 0.15) is 23.6 Å². The fourth-order valence-electron chi connectivity index (χ4n) is 5.79. The molecule has 1 saturated heterocycles. The van der Waals surface area contributed by atoms with E-state index in [4.69, 9.17) is 0 Å². The van der Waals surface area contributed by atoms with Crippen LogP contribution in [0, 0.1) is 19.7 Å². The molecular formula is C35H46FN7O4. The van der Waals surface area contributed by atoms with E-state index in [1.807, 2.05) is 40.0 Å². The van der Waals surface area contributed by atoms with Crippen molar-refractivity contribution in [3.05, 3.63) is 82.4 Å². The van der Waals surface area contributed by atoms with Crippen LogP contribution in [0.1, 0.15) is 59.4 Å². The van der Waals surface area contributed by atoms with E-state index in [0.29, 0.717) is 37.3 Å². The maximum atomic E-state index is 15.5. The summed E-state index contributed by atoms with van der Waals surface area (Å²) < 4.78 is 17.0. The second-order valence-corrected chi connectivity index (χ2v) is 12.2. The van der Waals surface area contributed by atoms with Crippen molar-refractivity contribution in [3.8, 4) is 0 Å². The Balaban J connectivity index is 1.49. The monoisotopic (exact) mass is 647 g/mol. The number of amides is 4. The van der Waals surface area contributed by atoms with Gasteiger partial charge < -0.3 is 25.8 Å². The first-order chi connectivity index (χ1) is 22.5. The molecule has 0 radical (unpaired) electrons. The Morgan fingerprint density at radius 3 is 2.23 bits per heavy atom. The van der Waals surface area contributed by atoms with Crippen LogP contribution in [0.15, 0.2) is 48.7 Å². The molecular weight excluding hydrogens is 601 g/mol. The third-order valence-electron chi connectivity index (χ3n) is 8.37. The molecule has 1 fully saturated rings. The predicted molar refractivity (Wildman–Crippen MR) is 178 cm³/mol. The summed E-state index contributed by atoms with van der Waals surface area (Å²) in [7, 11) is 1.99. The summed E-state index contributed by atoms with van der Waals surface area (Å²) in [5.74, 6) is -2.17. The average Bonchev–Trinajstić information content (AvgIpc) is 3.53. The molecule has 3 N–H and O–H groups in total. The lowest BCUT2D eigenvalue weighted by Gasteiger charge is -2.34. The van der Waals surface area contributed by atoms with Gasteiger partial charge in [0.25, 0.3) is 5.91 Å². The van der Waals surface area contributed by atoms with Crippen LogP contribution in [0.25, 0.3) is 0 Å². The summed E-state index contributed by atoms with van der Waals surface area (Å²) in [6.07, 6.45) is 2.64. The highest BCUT2D eigenvalue weighted by Crippen LogP contribution is 2.20. The van der Waals surface area contributed by atoms with Gasteiger partial charge in [0.15, 0.2) is 0 Å². The minimum absolute atomic E-state index is 0.0532. The zero-order chi connectivity index (χ0) is 34.1. The topological polar surface area (TPSA) is 129 Å². The molecule has 1 aliphatic rings. The molecule has 1 aromatic heterocycles. The normalized spacial score (nSPS) is 14.7. The number of halogens is 1. The Hall–Kier alpha value is -4.58. The standard InChI is InChI=1S/C35H46FN7O4/c1-6-32(44)38-30(35(47)42-16-14-41(5)15-17-42)22-26-8-10-28(27(36)21-26)39-33(45)29(11-9-25-19-23(3)18-24(4)20-25)40-34(46)31-12-13-37-43(31)7-2/h8,10,12-13,18-21,29-30H,6-7,9,11,14-17,22H2,1-5H3,(H,38,44)(H,39,45)(H,40,46)/t29-,30+/m0/s1. The van der Waals surface area contributed by atoms with Gasteiger partial charge >= 0.3 is 0 Å². The van der Waals surface area contributed by atoms with Crippen LogP contribution in [0.5, 0.6) is 0 Å². The molecule has 0 saturated carbocycles. The van der Waals surface area contributed by atoms with Crippen molar-refractivity contribution >= 4 is 29.3 Å². The first-order valence-electron chi connectivity index (χ1n) is 16.2. The van der Waals surface area contributed by atoms with Gasteiger partial charge in [-0.2, -0.15) is 5.10 Å². The van der Waals surface area contributed by atoms with E-state index >= 15 is 4.39 Å². The van der Waals surface area contributed by atoms with E-state index in [1.54, 1.807) is 24.0 Å². The number of benzene rings is 2. The van der Waals surface area contributed by atoms with Crippen LogP contribution in [0.2, 0.25) is 0 Å². The van der Waals surface area contributed by atoms with Crippen LogP contribution in [0.4, 0.5) is 10.1 Å². The Morgan fingerprint density at radius 1 is 0.894 bits per heavy atom. The predicted octanol–water partition coefficient (Wildman–Crippen LogP) is 3.24. The molecule has 4 amide bonds. The molecule has 11 nitrogen and oxygen atoms in total. The van der Waals surface area contributed by atoms with Crippen molar-refractivity contribution in [2.45, 2.75) is 72.0 Å². The van der Waals surface area contributed by atoms with Gasteiger partial charge in [0, 0.05) is 51.8 Å². The van der Waals surface area contributed by atoms with E-state index in [1.165, 1.54) is 23.0 Å². The summed E-state index contributed by atoms with van der Waals surface area (Å²) in [4.78, 5) is 56.2. The molecule has 0 aliphatic carbocycles. The number of hydrogen-bond acceptors (Lipinski definition) is 6. The Morgan fingerprint density at radius 2 is 1.60 bits per heavy atom. The molecule has 4 rings (SSSR count). The summed E-state index contributed by atoms with van der Waals surface area (Å²) in [6, 6.07) is 10.3. The second-order valence-electron chi connectivity index (χ2n) is 12.2. The first-order valence-corrected chi connectivity index (χ1v) is 16.2. The minimum atomic E-state index is -0.961. The number of carbonyl (C=O) groups excluding carboxylic acids is 4. The molecule has 2 heterocycles. The number of piperazine rings is 1. The number of nitrogens with zero attached hydrogens (tertiary/aromatic N) is 4. The fraction of sp³-hybridized carbons (Fsp3) is 0.457. The molecule has 3 aromatic rings. The number of aromatic nitrogens is 2. The Bertz CT molecular complexity index is 1560. The number of carbonyl (C=O) groups is 4. The van der Waals surface area contributed by atoms with Gasteiger partial charge in [-0.05, 0) is 70.0 Å². The third-order valence-corrected chi connectivity index (χ3v) is 8.37. The first kappa shape index (κ1) is 35.3. The van der Waals surface area contributed by atoms with Gasteiger partial charge in [-0.25, -0.2) is 4.39 Å². The lowest BCUT2D eigenvalue weighted by molar-refractivity contribution is -0.137. The van der Waals surface area contributed by atoms with Crippen LogP contribution >= 0.6 is 0 Å². The molecule has 47 heavy (non-hydrogen) atoms. The molecule has 0 unspecified atom stereocenters. The van der Waals surface area contributed by atoms with Crippen LogP contribution in [-0.2, 0) is 33.8 Å². The number of likely N-dealkylation sites (N-methyl/N-ethyl adjacent to an activating group) is 1. The number of anilines is 1. The molecule has 1 aliphatic heterocycles. The van der Waals surface area contributed by atoms with Gasteiger partial charge in [0.2, 0.25) is 17.7 Å². The number of aryl methyl sites for hydroxylation is 4. The van der Waals surface area contributed by atoms with Gasteiger partial charge in [-0.3, -0.25) is 23.9 Å². The summed E-state index contributed by atoms with van der Waals surface area (Å²) in [5.41, 5.74) is 3.99. The van der Waals surface area contributed by atoms with E-state index in [2.05, 4.69) is 32.0 Å². The smallest absolute Gasteiger partial charge is 0.270 e. The van der Waals surface area contributed by atoms with Crippen LogP contribution in [0.3, 0.4) is 0 Å². The summed E-state index contributed by atoms with van der Waals surface area (Å²) in [6.45, 7) is 10.6.